The van der Waals surface area contributed by atoms with Gasteiger partial charge in [-0.25, -0.2) is 4.79 Å². The summed E-state index contributed by atoms with van der Waals surface area (Å²) in [5, 5.41) is 0. The smallest absolute Gasteiger partial charge is 0.410 e. The highest BCUT2D eigenvalue weighted by Crippen LogP contribution is 2.08. The molecule has 1 amide bonds. The van der Waals surface area contributed by atoms with Gasteiger partial charge in [-0.2, -0.15) is 0 Å². The lowest BCUT2D eigenvalue weighted by molar-refractivity contribution is 0.00557. The van der Waals surface area contributed by atoms with Crippen molar-refractivity contribution in [2.24, 2.45) is 5.73 Å². The van der Waals surface area contributed by atoms with Crippen molar-refractivity contribution in [1.82, 2.24) is 4.90 Å². The molecule has 0 aliphatic heterocycles. The molecular weight excluding hydrogens is 276 g/mol. The number of nitrogens with zero attached hydrogens (tertiary/aromatic N) is 1. The first kappa shape index (κ1) is 20.1. The molecule has 0 fully saturated rings. The Balaban J connectivity index is 3.40. The van der Waals surface area contributed by atoms with Crippen molar-refractivity contribution >= 4 is 6.09 Å². The maximum Gasteiger partial charge on any atom is 0.410 e. The first-order valence-corrected chi connectivity index (χ1v) is 7.24. The van der Waals surface area contributed by atoms with Crippen LogP contribution in [-0.4, -0.2) is 76.4 Å². The van der Waals surface area contributed by atoms with Crippen molar-refractivity contribution in [2.45, 2.75) is 26.4 Å². The zero-order valence-corrected chi connectivity index (χ0v) is 13.7. The monoisotopic (exact) mass is 306 g/mol. The minimum atomic E-state index is -0.480. The Hall–Kier alpha value is -0.890. The molecule has 0 aromatic carbocycles. The van der Waals surface area contributed by atoms with Gasteiger partial charge in [-0.1, -0.05) is 0 Å². The molecular formula is C14H30N2O5. The Kier molecular flexibility index (Phi) is 11.2. The van der Waals surface area contributed by atoms with Gasteiger partial charge in [0.05, 0.1) is 39.6 Å². The standard InChI is InChI=1S/C14H30N2O5/c1-14(2,3)21-13(17)16(4)6-8-19-10-12-20-11-9-18-7-5-15/h5-12,15H2,1-4H3. The van der Waals surface area contributed by atoms with Crippen LogP contribution in [-0.2, 0) is 18.9 Å². The zero-order chi connectivity index (χ0) is 16.1. The van der Waals surface area contributed by atoms with Crippen molar-refractivity contribution in [3.63, 3.8) is 0 Å². The summed E-state index contributed by atoms with van der Waals surface area (Å²) in [6, 6.07) is 0. The number of nitrogens with two attached hydrogens (primary N) is 1. The molecule has 21 heavy (non-hydrogen) atoms. The fourth-order valence-corrected chi connectivity index (χ4v) is 1.26. The normalized spacial score (nSPS) is 11.5. The molecule has 0 aliphatic rings. The van der Waals surface area contributed by atoms with Crippen LogP contribution in [0.2, 0.25) is 0 Å². The number of carbonyl (C=O) groups is 1. The molecule has 0 spiro atoms. The van der Waals surface area contributed by atoms with Crippen LogP contribution in [0, 0.1) is 0 Å². The second-order valence-corrected chi connectivity index (χ2v) is 5.53. The van der Waals surface area contributed by atoms with Crippen LogP contribution in [0.1, 0.15) is 20.8 Å². The van der Waals surface area contributed by atoms with Crippen LogP contribution < -0.4 is 5.73 Å². The third kappa shape index (κ3) is 13.8. The van der Waals surface area contributed by atoms with Gasteiger partial charge in [0.1, 0.15) is 5.60 Å². The summed E-state index contributed by atoms with van der Waals surface area (Å²) in [5.41, 5.74) is 4.80. The van der Waals surface area contributed by atoms with Gasteiger partial charge in [-0.05, 0) is 20.8 Å². The van der Waals surface area contributed by atoms with Gasteiger partial charge in [-0.15, -0.1) is 0 Å². The van der Waals surface area contributed by atoms with E-state index in [2.05, 4.69) is 0 Å². The molecule has 0 aromatic rings. The van der Waals surface area contributed by atoms with Gasteiger partial charge >= 0.3 is 6.09 Å². The van der Waals surface area contributed by atoms with E-state index < -0.39 is 5.60 Å². The Morgan fingerprint density at radius 2 is 1.43 bits per heavy atom. The van der Waals surface area contributed by atoms with Gasteiger partial charge in [0, 0.05) is 20.1 Å². The Morgan fingerprint density at radius 3 is 1.90 bits per heavy atom. The highest BCUT2D eigenvalue weighted by atomic mass is 16.6. The number of carbonyl (C=O) groups excluding carboxylic acids is 1. The molecule has 0 bridgehead atoms. The average Bonchev–Trinajstić information content (AvgIpc) is 2.38. The topological polar surface area (TPSA) is 83.3 Å². The van der Waals surface area contributed by atoms with E-state index in [0.29, 0.717) is 52.7 Å². The summed E-state index contributed by atoms with van der Waals surface area (Å²) in [5.74, 6) is 0. The zero-order valence-electron chi connectivity index (χ0n) is 13.7. The highest BCUT2D eigenvalue weighted by Gasteiger charge is 2.19. The van der Waals surface area contributed by atoms with Gasteiger partial charge in [0.15, 0.2) is 0 Å². The Bertz CT molecular complexity index is 269. The van der Waals surface area contributed by atoms with Gasteiger partial charge < -0.3 is 29.6 Å². The van der Waals surface area contributed by atoms with Crippen LogP contribution in [0.5, 0.6) is 0 Å². The molecule has 0 radical (unpaired) electrons. The molecule has 7 heteroatoms. The van der Waals surface area contributed by atoms with Crippen molar-refractivity contribution < 1.29 is 23.7 Å². The van der Waals surface area contributed by atoms with E-state index in [4.69, 9.17) is 24.7 Å². The van der Waals surface area contributed by atoms with Crippen LogP contribution >= 0.6 is 0 Å². The van der Waals surface area contributed by atoms with E-state index >= 15 is 0 Å². The summed E-state index contributed by atoms with van der Waals surface area (Å²) in [4.78, 5) is 13.1. The maximum atomic E-state index is 11.7. The molecule has 126 valence electrons. The summed E-state index contributed by atoms with van der Waals surface area (Å²) in [7, 11) is 1.68. The average molecular weight is 306 g/mol. The second-order valence-electron chi connectivity index (χ2n) is 5.53. The maximum absolute atomic E-state index is 11.7. The third-order valence-electron chi connectivity index (χ3n) is 2.28. The lowest BCUT2D eigenvalue weighted by atomic mass is 10.2. The SMILES string of the molecule is CN(CCOCCOCCOCCN)C(=O)OC(C)(C)C. The molecule has 0 unspecified atom stereocenters. The number of rotatable bonds is 11. The van der Waals surface area contributed by atoms with Gasteiger partial charge in [-0.3, -0.25) is 0 Å². The van der Waals surface area contributed by atoms with Gasteiger partial charge in [0.25, 0.3) is 0 Å². The fraction of sp³-hybridized carbons (Fsp3) is 0.929. The molecule has 0 rings (SSSR count). The lowest BCUT2D eigenvalue weighted by Crippen LogP contribution is -2.36. The fourth-order valence-electron chi connectivity index (χ4n) is 1.26. The number of hydrogen-bond donors (Lipinski definition) is 1. The van der Waals surface area contributed by atoms with E-state index in [1.54, 1.807) is 7.05 Å². The molecule has 0 aromatic heterocycles. The summed E-state index contributed by atoms with van der Waals surface area (Å²) in [6.45, 7) is 9.57. The summed E-state index contributed by atoms with van der Waals surface area (Å²) < 4.78 is 21.1. The lowest BCUT2D eigenvalue weighted by Gasteiger charge is -2.24. The quantitative estimate of drug-likeness (QED) is 0.570. The summed E-state index contributed by atoms with van der Waals surface area (Å²) >= 11 is 0. The molecule has 0 aliphatic carbocycles. The molecule has 2 N–H and O–H groups in total. The van der Waals surface area contributed by atoms with Crippen LogP contribution in [0.3, 0.4) is 0 Å². The van der Waals surface area contributed by atoms with E-state index in [1.807, 2.05) is 20.8 Å². The summed E-state index contributed by atoms with van der Waals surface area (Å²) in [6.07, 6.45) is -0.348. The highest BCUT2D eigenvalue weighted by molar-refractivity contribution is 5.67. The number of ether oxygens (including phenoxy) is 4. The third-order valence-corrected chi connectivity index (χ3v) is 2.28. The number of amides is 1. The van der Waals surface area contributed by atoms with Crippen molar-refractivity contribution in [1.29, 1.82) is 0 Å². The molecule has 0 saturated heterocycles. The largest absolute Gasteiger partial charge is 0.444 e. The minimum absolute atomic E-state index is 0.348. The minimum Gasteiger partial charge on any atom is -0.444 e. The second kappa shape index (κ2) is 11.7. The Morgan fingerprint density at radius 1 is 0.952 bits per heavy atom. The van der Waals surface area contributed by atoms with Crippen molar-refractivity contribution in [3.8, 4) is 0 Å². The van der Waals surface area contributed by atoms with E-state index in [1.165, 1.54) is 4.90 Å². The van der Waals surface area contributed by atoms with E-state index in [0.717, 1.165) is 0 Å². The van der Waals surface area contributed by atoms with E-state index in [9.17, 15) is 4.79 Å². The Labute approximate surface area is 127 Å². The molecule has 0 heterocycles. The van der Waals surface area contributed by atoms with E-state index in [-0.39, 0.29) is 6.09 Å². The van der Waals surface area contributed by atoms with Gasteiger partial charge in [0.2, 0.25) is 0 Å². The first-order valence-electron chi connectivity index (χ1n) is 7.24. The predicted molar refractivity (Wildman–Crippen MR) is 80.4 cm³/mol. The van der Waals surface area contributed by atoms with Crippen LogP contribution in [0.25, 0.3) is 0 Å². The predicted octanol–water partition coefficient (Wildman–Crippen LogP) is 0.862. The first-order chi connectivity index (χ1) is 9.87. The number of likely N-dealkylation sites (N-methyl/N-ethyl adjacent to an activating group) is 1. The van der Waals surface area contributed by atoms with Crippen LogP contribution in [0.4, 0.5) is 4.79 Å². The molecule has 7 nitrogen and oxygen atoms in total. The van der Waals surface area contributed by atoms with Crippen molar-refractivity contribution in [2.75, 3.05) is 59.8 Å². The van der Waals surface area contributed by atoms with Crippen LogP contribution in [0.15, 0.2) is 0 Å². The number of hydrogen-bond acceptors (Lipinski definition) is 6. The molecule has 0 atom stereocenters. The molecule has 0 saturated carbocycles. The van der Waals surface area contributed by atoms with Crippen molar-refractivity contribution in [3.05, 3.63) is 0 Å².